The van der Waals surface area contributed by atoms with Crippen molar-refractivity contribution in [2.75, 3.05) is 13.2 Å². The summed E-state index contributed by atoms with van der Waals surface area (Å²) in [5.74, 6) is 0. The molecule has 0 radical (unpaired) electrons. The standard InChI is InChI=1S/C6H10O2.2Hg.2NO3/c1-5-6(2)8-4-3-7-5;;;2*2-1(3)4/h5-6H,1-4H2;;;;/q;2*+1;2*-1. The van der Waals surface area contributed by atoms with Crippen LogP contribution in [-0.4, -0.2) is 35.6 Å². The van der Waals surface area contributed by atoms with Gasteiger partial charge in [0.1, 0.15) is 0 Å². The Hall–Kier alpha value is 0.190. The molecule has 0 N–H and O–H groups in total. The normalized spacial score (nSPS) is 22.4. The zero-order valence-electron chi connectivity index (χ0n) is 9.56. The molecule has 0 saturated carbocycles. The van der Waals surface area contributed by atoms with Crippen molar-refractivity contribution in [3.05, 3.63) is 20.2 Å². The first kappa shape index (κ1) is 16.2. The van der Waals surface area contributed by atoms with Crippen LogP contribution in [0.25, 0.3) is 0 Å². The van der Waals surface area contributed by atoms with Gasteiger partial charge in [-0.15, -0.1) is 0 Å². The van der Waals surface area contributed by atoms with E-state index in [9.17, 15) is 20.2 Å². The number of hydrogen-bond donors (Lipinski definition) is 0. The van der Waals surface area contributed by atoms with E-state index >= 15 is 0 Å². The SMILES string of the molecule is O=[N+]([O-])[O][Hg][CH2]C1OCCOC1[CH2][Hg][O][N+](=O)[O-]. The number of ether oxygens (including phenoxy) is 2. The second kappa shape index (κ2) is 9.15. The Morgan fingerprint density at radius 3 is 1.72 bits per heavy atom. The van der Waals surface area contributed by atoms with E-state index in [4.69, 9.17) is 9.47 Å². The van der Waals surface area contributed by atoms with Gasteiger partial charge in [-0.2, -0.15) is 0 Å². The monoisotopic (exact) mass is 642 g/mol. The van der Waals surface area contributed by atoms with Gasteiger partial charge in [0.05, 0.1) is 0 Å². The van der Waals surface area contributed by atoms with Gasteiger partial charge in [-0.1, -0.05) is 0 Å². The summed E-state index contributed by atoms with van der Waals surface area (Å²) in [6.45, 7) is 0.890. The van der Waals surface area contributed by atoms with E-state index in [1.165, 1.54) is 0 Å². The summed E-state index contributed by atoms with van der Waals surface area (Å²) in [5.41, 5.74) is 0. The van der Waals surface area contributed by atoms with Gasteiger partial charge >= 0.3 is 129 Å². The summed E-state index contributed by atoms with van der Waals surface area (Å²) in [6, 6.07) is 0. The van der Waals surface area contributed by atoms with Gasteiger partial charge in [0.25, 0.3) is 0 Å². The van der Waals surface area contributed by atoms with Crippen LogP contribution >= 0.6 is 0 Å². The van der Waals surface area contributed by atoms with Crippen molar-refractivity contribution in [2.45, 2.75) is 20.1 Å². The summed E-state index contributed by atoms with van der Waals surface area (Å²) in [5, 5.41) is 18.6. The molecular weight excluding hydrogens is 629 g/mol. The third kappa shape index (κ3) is 6.95. The van der Waals surface area contributed by atoms with Crippen LogP contribution in [0, 0.1) is 20.2 Å². The Balaban J connectivity index is 2.27. The van der Waals surface area contributed by atoms with E-state index in [1.54, 1.807) is 0 Å². The molecule has 0 spiro atoms. The molecular formula is C6H10Hg2N2O8. The van der Waals surface area contributed by atoms with Crippen LogP contribution < -0.4 is 0 Å². The fraction of sp³-hybridized carbons (Fsp3) is 1.00. The first-order valence-corrected chi connectivity index (χ1v) is 17.6. The molecule has 96 valence electrons. The number of hydrogen-bond acceptors (Lipinski definition) is 8. The average molecular weight is 639 g/mol. The summed E-state index contributed by atoms with van der Waals surface area (Å²) >= 11 is -4.08. The fourth-order valence-corrected chi connectivity index (χ4v) is 9.61. The minimum atomic E-state index is -2.04. The van der Waals surface area contributed by atoms with E-state index in [2.05, 4.69) is 5.49 Å². The molecule has 0 aliphatic carbocycles. The number of nitrogens with zero attached hydrogens (tertiary/aromatic N) is 2. The van der Waals surface area contributed by atoms with Crippen LogP contribution in [0.15, 0.2) is 0 Å². The Morgan fingerprint density at radius 1 is 1.00 bits per heavy atom. The molecule has 1 aliphatic rings. The maximum absolute atomic E-state index is 10.1. The van der Waals surface area contributed by atoms with Crippen LogP contribution in [0.2, 0.25) is 7.86 Å². The maximum atomic E-state index is 10.1. The Morgan fingerprint density at radius 2 is 1.39 bits per heavy atom. The van der Waals surface area contributed by atoms with E-state index in [0.717, 1.165) is 0 Å². The van der Waals surface area contributed by atoms with Crippen molar-refractivity contribution < 1.29 is 75.2 Å². The van der Waals surface area contributed by atoms with Gasteiger partial charge in [0, 0.05) is 0 Å². The molecule has 0 aromatic rings. The fourth-order valence-electron chi connectivity index (χ4n) is 1.64. The van der Waals surface area contributed by atoms with Gasteiger partial charge in [-0.25, -0.2) is 0 Å². The predicted octanol–water partition coefficient (Wildman–Crippen LogP) is 0.0186. The molecule has 1 saturated heterocycles. The minimum absolute atomic E-state index is 0.226. The summed E-state index contributed by atoms with van der Waals surface area (Å²) in [6.07, 6.45) is -0.452. The third-order valence-electron chi connectivity index (χ3n) is 2.36. The summed E-state index contributed by atoms with van der Waals surface area (Å²) in [7, 11) is 0. The van der Waals surface area contributed by atoms with Crippen LogP contribution in [-0.2, 0) is 65.0 Å². The van der Waals surface area contributed by atoms with Crippen molar-refractivity contribution >= 4 is 0 Å². The molecule has 0 bridgehead atoms. The first-order valence-electron chi connectivity index (χ1n) is 5.37. The average Bonchev–Trinajstić information content (AvgIpc) is 2.30. The number of rotatable bonds is 8. The Bertz CT molecular complexity index is 265. The second-order valence-corrected chi connectivity index (χ2v) is 13.2. The molecule has 0 aromatic carbocycles. The molecule has 18 heavy (non-hydrogen) atoms. The predicted molar refractivity (Wildman–Crippen MR) is 45.3 cm³/mol. The molecule has 12 heteroatoms. The summed E-state index contributed by atoms with van der Waals surface area (Å²) < 4.78 is 20.9. The third-order valence-corrected chi connectivity index (χ3v) is 11.7. The van der Waals surface area contributed by atoms with Gasteiger partial charge in [-0.3, -0.25) is 0 Å². The van der Waals surface area contributed by atoms with Crippen molar-refractivity contribution in [3.8, 4) is 0 Å². The van der Waals surface area contributed by atoms with Gasteiger partial charge < -0.3 is 0 Å². The van der Waals surface area contributed by atoms with E-state index in [-0.39, 0.29) is 12.2 Å². The van der Waals surface area contributed by atoms with Crippen molar-refractivity contribution in [1.29, 1.82) is 0 Å². The van der Waals surface area contributed by atoms with Gasteiger partial charge in [0.2, 0.25) is 0 Å². The van der Waals surface area contributed by atoms with E-state index < -0.39 is 60.2 Å². The van der Waals surface area contributed by atoms with E-state index in [0.29, 0.717) is 21.1 Å². The van der Waals surface area contributed by atoms with Crippen LogP contribution in [0.4, 0.5) is 0 Å². The van der Waals surface area contributed by atoms with Crippen LogP contribution in [0.3, 0.4) is 0 Å². The molecule has 1 fully saturated rings. The van der Waals surface area contributed by atoms with Crippen molar-refractivity contribution in [3.63, 3.8) is 0 Å². The van der Waals surface area contributed by atoms with Gasteiger partial charge in [-0.05, 0) is 0 Å². The zero-order chi connectivity index (χ0) is 13.4. The zero-order valence-corrected chi connectivity index (χ0v) is 20.6. The molecule has 0 aromatic heterocycles. The quantitative estimate of drug-likeness (QED) is 0.207. The van der Waals surface area contributed by atoms with Crippen molar-refractivity contribution in [1.82, 2.24) is 0 Å². The molecule has 1 rings (SSSR count). The molecule has 2 unspecified atom stereocenters. The molecule has 10 nitrogen and oxygen atoms in total. The summed E-state index contributed by atoms with van der Waals surface area (Å²) in [4.78, 5) is 20.1. The molecule has 0 amide bonds. The van der Waals surface area contributed by atoms with Gasteiger partial charge in [0.15, 0.2) is 0 Å². The second-order valence-electron chi connectivity index (χ2n) is 3.51. The molecule has 1 heterocycles. The van der Waals surface area contributed by atoms with Crippen LogP contribution in [0.1, 0.15) is 0 Å². The molecule has 1 aliphatic heterocycles. The first-order chi connectivity index (χ1) is 8.59. The van der Waals surface area contributed by atoms with Crippen LogP contribution in [0.5, 0.6) is 0 Å². The molecule has 2 atom stereocenters. The Labute approximate surface area is 128 Å². The topological polar surface area (TPSA) is 123 Å². The van der Waals surface area contributed by atoms with E-state index in [1.807, 2.05) is 0 Å². The Kier molecular flexibility index (Phi) is 8.26. The van der Waals surface area contributed by atoms with Crippen molar-refractivity contribution in [2.24, 2.45) is 0 Å².